The van der Waals surface area contributed by atoms with Crippen molar-refractivity contribution in [3.8, 4) is 0 Å². The van der Waals surface area contributed by atoms with Crippen LogP contribution >= 0.6 is 0 Å². The van der Waals surface area contributed by atoms with E-state index in [0.29, 0.717) is 6.04 Å². The fourth-order valence-electron chi connectivity index (χ4n) is 3.34. The van der Waals surface area contributed by atoms with E-state index < -0.39 is 0 Å². The number of hydrogen-bond acceptors (Lipinski definition) is 4. The molecule has 5 nitrogen and oxygen atoms in total. The molecule has 0 aromatic heterocycles. The van der Waals surface area contributed by atoms with Gasteiger partial charge in [0, 0.05) is 44.0 Å². The molecule has 0 spiro atoms. The number of carbonyl (C=O) groups is 1. The monoisotopic (exact) mass is 383 g/mol. The summed E-state index contributed by atoms with van der Waals surface area (Å²) in [6.07, 6.45) is 6.48. The van der Waals surface area contributed by atoms with Gasteiger partial charge < -0.3 is 15.4 Å². The van der Waals surface area contributed by atoms with E-state index in [1.807, 2.05) is 19.1 Å². The van der Waals surface area contributed by atoms with Crippen LogP contribution in [-0.4, -0.2) is 56.2 Å². The predicted molar refractivity (Wildman–Crippen MR) is 114 cm³/mol. The lowest BCUT2D eigenvalue weighted by atomic mass is 9.98. The van der Waals surface area contributed by atoms with Crippen molar-refractivity contribution in [3.05, 3.63) is 52.7 Å². The number of benzene rings is 1. The number of allylic oxidation sites excluding steroid dienone is 3. The van der Waals surface area contributed by atoms with Crippen molar-refractivity contribution in [1.29, 1.82) is 0 Å². The number of morpholine rings is 1. The van der Waals surface area contributed by atoms with E-state index in [1.54, 1.807) is 0 Å². The van der Waals surface area contributed by atoms with Gasteiger partial charge in [-0.1, -0.05) is 23.8 Å². The molecule has 0 radical (unpaired) electrons. The number of carbonyl (C=O) groups excluding carboxylic acids is 1. The van der Waals surface area contributed by atoms with Crippen LogP contribution in [0.1, 0.15) is 48.2 Å². The van der Waals surface area contributed by atoms with Gasteiger partial charge in [-0.05, 0) is 56.4 Å². The molecule has 1 aliphatic heterocycles. The van der Waals surface area contributed by atoms with E-state index in [2.05, 4.69) is 47.7 Å². The highest BCUT2D eigenvalue weighted by Gasteiger charge is 2.24. The van der Waals surface area contributed by atoms with Gasteiger partial charge in [-0.2, -0.15) is 0 Å². The molecule has 1 saturated carbocycles. The van der Waals surface area contributed by atoms with Crippen LogP contribution < -0.4 is 10.6 Å². The number of aryl methyl sites for hydroxylation is 1. The lowest BCUT2D eigenvalue weighted by Crippen LogP contribution is -2.39. The van der Waals surface area contributed by atoms with Gasteiger partial charge in [0.2, 0.25) is 0 Å². The molecule has 2 aliphatic rings. The molecule has 2 N–H and O–H groups in total. The number of rotatable bonds is 8. The van der Waals surface area contributed by atoms with E-state index in [1.165, 1.54) is 5.57 Å². The summed E-state index contributed by atoms with van der Waals surface area (Å²) in [6, 6.07) is 6.48. The van der Waals surface area contributed by atoms with E-state index in [0.717, 1.165) is 74.5 Å². The van der Waals surface area contributed by atoms with E-state index in [9.17, 15) is 4.79 Å². The second kappa shape index (κ2) is 9.89. The van der Waals surface area contributed by atoms with Crippen LogP contribution in [0.3, 0.4) is 0 Å². The summed E-state index contributed by atoms with van der Waals surface area (Å²) < 4.78 is 5.40. The molecule has 1 amide bonds. The Morgan fingerprint density at radius 2 is 2.00 bits per heavy atom. The maximum atomic E-state index is 12.4. The Hall–Kier alpha value is -2.11. The van der Waals surface area contributed by atoms with E-state index in [4.69, 9.17) is 4.74 Å². The summed E-state index contributed by atoms with van der Waals surface area (Å²) in [4.78, 5) is 14.8. The van der Waals surface area contributed by atoms with Crippen molar-refractivity contribution in [3.63, 3.8) is 0 Å². The van der Waals surface area contributed by atoms with Crippen molar-refractivity contribution < 1.29 is 9.53 Å². The quantitative estimate of drug-likeness (QED) is 0.535. The number of hydrogen-bond donors (Lipinski definition) is 2. The molecular weight excluding hydrogens is 350 g/mol. The Balaban J connectivity index is 1.65. The minimum absolute atomic E-state index is 0.0444. The summed E-state index contributed by atoms with van der Waals surface area (Å²) in [5.74, 6) is 0.0444. The van der Waals surface area contributed by atoms with Gasteiger partial charge in [-0.15, -0.1) is 0 Å². The van der Waals surface area contributed by atoms with Crippen molar-refractivity contribution in [2.75, 3.05) is 39.4 Å². The summed E-state index contributed by atoms with van der Waals surface area (Å²) >= 11 is 0. The minimum Gasteiger partial charge on any atom is -0.389 e. The van der Waals surface area contributed by atoms with Gasteiger partial charge in [0.15, 0.2) is 0 Å². The topological polar surface area (TPSA) is 53.6 Å². The molecule has 0 bridgehead atoms. The van der Waals surface area contributed by atoms with Crippen molar-refractivity contribution in [2.45, 2.75) is 39.7 Å². The van der Waals surface area contributed by atoms with Gasteiger partial charge in [-0.3, -0.25) is 9.69 Å². The lowest BCUT2D eigenvalue weighted by molar-refractivity contribution is 0.0388. The van der Waals surface area contributed by atoms with Gasteiger partial charge in [0.1, 0.15) is 0 Å². The highest BCUT2D eigenvalue weighted by Crippen LogP contribution is 2.23. The van der Waals surface area contributed by atoms with E-state index in [-0.39, 0.29) is 5.91 Å². The molecule has 152 valence electrons. The highest BCUT2D eigenvalue weighted by atomic mass is 16.5. The first kappa shape index (κ1) is 20.6. The zero-order valence-electron chi connectivity index (χ0n) is 17.4. The maximum Gasteiger partial charge on any atom is 0.251 e. The van der Waals surface area contributed by atoms with Crippen LogP contribution in [0.5, 0.6) is 0 Å². The fourth-order valence-corrected chi connectivity index (χ4v) is 3.34. The molecule has 28 heavy (non-hydrogen) atoms. The normalized spacial score (nSPS) is 17.9. The zero-order chi connectivity index (χ0) is 19.9. The lowest BCUT2D eigenvalue weighted by Gasteiger charge is -2.26. The molecule has 3 rings (SSSR count). The molecule has 0 unspecified atom stereocenters. The Morgan fingerprint density at radius 3 is 2.64 bits per heavy atom. The first-order valence-corrected chi connectivity index (χ1v) is 10.3. The molecular formula is C23H33N3O2. The van der Waals surface area contributed by atoms with Gasteiger partial charge in [0.05, 0.1) is 13.2 Å². The fraction of sp³-hybridized carbons (Fsp3) is 0.522. The number of nitrogens with zero attached hydrogens (tertiary/aromatic N) is 1. The largest absolute Gasteiger partial charge is 0.389 e. The minimum atomic E-state index is 0.0444. The standard InChI is InChI=1S/C23H33N3O2/c1-17(2)14-20(16-24-8-9-26-10-12-28-13-11-26)19-4-7-22(18(3)15-19)23(27)25-21-5-6-21/h4,7,14-16,21,24H,5-6,8-13H2,1-3H3,(H,25,27)/b20-16+. The molecule has 5 heteroatoms. The smallest absolute Gasteiger partial charge is 0.251 e. The molecule has 1 aromatic rings. The summed E-state index contributed by atoms with van der Waals surface area (Å²) in [6.45, 7) is 11.8. The second-order valence-corrected chi connectivity index (χ2v) is 8.01. The number of ether oxygens (including phenoxy) is 1. The average molecular weight is 384 g/mol. The molecule has 1 saturated heterocycles. The molecule has 1 aromatic carbocycles. The maximum absolute atomic E-state index is 12.4. The van der Waals surface area contributed by atoms with Gasteiger partial charge in [0.25, 0.3) is 5.91 Å². The molecule has 1 aliphatic carbocycles. The average Bonchev–Trinajstić information content (AvgIpc) is 3.48. The summed E-state index contributed by atoms with van der Waals surface area (Å²) in [5, 5.41) is 6.53. The predicted octanol–water partition coefficient (Wildman–Crippen LogP) is 3.12. The highest BCUT2D eigenvalue weighted by molar-refractivity contribution is 5.96. The first-order valence-electron chi connectivity index (χ1n) is 10.3. The summed E-state index contributed by atoms with van der Waals surface area (Å²) in [7, 11) is 0. The Labute approximate surface area is 168 Å². The van der Waals surface area contributed by atoms with Crippen LogP contribution in [-0.2, 0) is 4.74 Å². The van der Waals surface area contributed by atoms with Crippen LogP contribution in [0.15, 0.2) is 36.0 Å². The van der Waals surface area contributed by atoms with Gasteiger partial charge in [-0.25, -0.2) is 0 Å². The number of nitrogens with one attached hydrogen (secondary N) is 2. The Kier molecular flexibility index (Phi) is 7.29. The van der Waals surface area contributed by atoms with Crippen LogP contribution in [0.2, 0.25) is 0 Å². The van der Waals surface area contributed by atoms with Crippen LogP contribution in [0, 0.1) is 6.92 Å². The third kappa shape index (κ3) is 6.21. The number of amides is 1. The molecule has 0 atom stereocenters. The van der Waals surface area contributed by atoms with Crippen LogP contribution in [0.25, 0.3) is 5.57 Å². The van der Waals surface area contributed by atoms with Crippen molar-refractivity contribution in [1.82, 2.24) is 15.5 Å². The Bertz CT molecular complexity index is 740. The van der Waals surface area contributed by atoms with E-state index >= 15 is 0 Å². The zero-order valence-corrected chi connectivity index (χ0v) is 17.4. The first-order chi connectivity index (χ1) is 13.5. The van der Waals surface area contributed by atoms with Gasteiger partial charge >= 0.3 is 0 Å². The van der Waals surface area contributed by atoms with Crippen LogP contribution in [0.4, 0.5) is 0 Å². The Morgan fingerprint density at radius 1 is 1.25 bits per heavy atom. The third-order valence-electron chi connectivity index (χ3n) is 5.09. The summed E-state index contributed by atoms with van der Waals surface area (Å²) in [5.41, 5.74) is 5.29. The molecule has 2 fully saturated rings. The SMILES string of the molecule is CC(C)=C/C(=C\NCCN1CCOCC1)c1ccc(C(=O)NC2CC2)c(C)c1. The second-order valence-electron chi connectivity index (χ2n) is 8.01. The molecule has 1 heterocycles. The van der Waals surface area contributed by atoms with Crippen molar-refractivity contribution >= 4 is 11.5 Å². The van der Waals surface area contributed by atoms with Crippen molar-refractivity contribution in [2.24, 2.45) is 0 Å². The third-order valence-corrected chi connectivity index (χ3v) is 5.09.